The molecule has 2 aromatic rings. The number of carboxylic acids is 1. The molecule has 0 bridgehead atoms. The second-order valence-electron chi connectivity index (χ2n) is 5.76. The zero-order valence-corrected chi connectivity index (χ0v) is 13.6. The van der Waals surface area contributed by atoms with Crippen molar-refractivity contribution < 1.29 is 45.7 Å². The number of benzene rings is 2. The third-order valence-electron chi connectivity index (χ3n) is 3.97. The average molecular weight is 404 g/mol. The summed E-state index contributed by atoms with van der Waals surface area (Å²) in [6.45, 7) is 0. The number of carboxylic acid groups (broad SMARTS) is 1. The first-order valence-electron chi connectivity index (χ1n) is 7.60. The highest BCUT2D eigenvalue weighted by Gasteiger charge is 2.64. The van der Waals surface area contributed by atoms with E-state index in [1.54, 1.807) is 0 Å². The molecule has 0 fully saturated rings. The summed E-state index contributed by atoms with van der Waals surface area (Å²) in [6.07, 6.45) is -9.58. The van der Waals surface area contributed by atoms with Crippen molar-refractivity contribution in [2.75, 3.05) is 0 Å². The monoisotopic (exact) mass is 404 g/mol. The van der Waals surface area contributed by atoms with E-state index in [1.807, 2.05) is 0 Å². The summed E-state index contributed by atoms with van der Waals surface area (Å²) in [6, 6.07) is 8.48. The van der Waals surface area contributed by atoms with Crippen LogP contribution in [0.3, 0.4) is 0 Å². The molecule has 1 heterocycles. The molecule has 10 heteroatoms. The summed E-state index contributed by atoms with van der Waals surface area (Å²) in [7, 11) is 0. The van der Waals surface area contributed by atoms with Crippen molar-refractivity contribution in [1.82, 2.24) is 0 Å². The van der Waals surface area contributed by atoms with E-state index in [9.17, 15) is 36.2 Å². The van der Waals surface area contributed by atoms with Crippen LogP contribution in [0, 0.1) is 0 Å². The molecule has 0 aliphatic carbocycles. The van der Waals surface area contributed by atoms with E-state index in [4.69, 9.17) is 4.74 Å². The van der Waals surface area contributed by atoms with Gasteiger partial charge in [-0.1, -0.05) is 30.3 Å². The van der Waals surface area contributed by atoms with Crippen molar-refractivity contribution in [1.29, 1.82) is 0 Å². The molecule has 1 aliphatic heterocycles. The molecule has 0 aromatic heterocycles. The quantitative estimate of drug-likeness (QED) is 0.740. The fraction of sp³-hybridized carbons (Fsp3) is 0.167. The van der Waals surface area contributed by atoms with E-state index in [1.165, 1.54) is 18.2 Å². The summed E-state index contributed by atoms with van der Waals surface area (Å²) >= 11 is 0. The molecule has 1 atom stereocenters. The Kier molecular flexibility index (Phi) is 4.52. The largest absolute Gasteiger partial charge is 0.573 e. The lowest BCUT2D eigenvalue weighted by Crippen LogP contribution is -2.52. The zero-order valence-electron chi connectivity index (χ0n) is 13.6. The topological polar surface area (TPSA) is 55.8 Å². The Balaban J connectivity index is 2.22. The number of rotatable bonds is 3. The van der Waals surface area contributed by atoms with E-state index in [2.05, 4.69) is 4.74 Å². The zero-order chi connectivity index (χ0) is 20.7. The molecule has 28 heavy (non-hydrogen) atoms. The minimum Gasteiger partial charge on any atom is -0.478 e. The fourth-order valence-corrected chi connectivity index (χ4v) is 2.88. The minimum atomic E-state index is -5.18. The molecule has 1 N–H and O–H groups in total. The molecule has 3 rings (SSSR count). The summed E-state index contributed by atoms with van der Waals surface area (Å²) < 4.78 is 88.2. The second-order valence-corrected chi connectivity index (χ2v) is 5.76. The van der Waals surface area contributed by atoms with Crippen molar-refractivity contribution in [3.63, 3.8) is 0 Å². The molecule has 0 saturated carbocycles. The molecule has 1 unspecified atom stereocenters. The van der Waals surface area contributed by atoms with E-state index in [-0.39, 0.29) is 5.56 Å². The van der Waals surface area contributed by atoms with Crippen LogP contribution >= 0.6 is 0 Å². The van der Waals surface area contributed by atoms with Crippen molar-refractivity contribution in [2.24, 2.45) is 0 Å². The predicted octanol–water partition coefficient (Wildman–Crippen LogP) is 4.90. The summed E-state index contributed by atoms with van der Waals surface area (Å²) in [5.41, 5.74) is -5.31. The lowest BCUT2D eigenvalue weighted by atomic mass is 9.82. The Bertz CT molecular complexity index is 933. The average Bonchev–Trinajstić information content (AvgIpc) is 2.58. The molecule has 1 aliphatic rings. The molecular weight excluding hydrogens is 394 g/mol. The van der Waals surface area contributed by atoms with Gasteiger partial charge in [-0.2, -0.15) is 13.2 Å². The van der Waals surface area contributed by atoms with Gasteiger partial charge >= 0.3 is 18.5 Å². The highest BCUT2D eigenvalue weighted by atomic mass is 19.4. The second kappa shape index (κ2) is 6.47. The molecule has 0 radical (unpaired) electrons. The van der Waals surface area contributed by atoms with Crippen LogP contribution in [0.4, 0.5) is 26.3 Å². The molecular formula is C18H10F6O4. The first-order chi connectivity index (χ1) is 12.9. The summed E-state index contributed by atoms with van der Waals surface area (Å²) in [5, 5.41) is 9.42. The van der Waals surface area contributed by atoms with Crippen LogP contribution in [0.25, 0.3) is 6.08 Å². The minimum absolute atomic E-state index is 0.296. The first-order valence-corrected chi connectivity index (χ1v) is 7.60. The Morgan fingerprint density at radius 3 is 2.18 bits per heavy atom. The summed E-state index contributed by atoms with van der Waals surface area (Å²) in [4.78, 5) is 11.7. The van der Waals surface area contributed by atoms with Gasteiger partial charge in [-0.05, 0) is 24.3 Å². The van der Waals surface area contributed by atoms with Crippen LogP contribution < -0.4 is 9.47 Å². The first kappa shape index (κ1) is 19.6. The highest BCUT2D eigenvalue weighted by Crippen LogP contribution is 2.52. The molecule has 4 nitrogen and oxygen atoms in total. The van der Waals surface area contributed by atoms with Gasteiger partial charge in [-0.3, -0.25) is 0 Å². The Morgan fingerprint density at radius 2 is 1.64 bits per heavy atom. The number of halogens is 6. The number of alkyl halides is 6. The van der Waals surface area contributed by atoms with Crippen molar-refractivity contribution >= 4 is 12.0 Å². The maximum Gasteiger partial charge on any atom is 0.573 e. The van der Waals surface area contributed by atoms with Crippen LogP contribution in [0.1, 0.15) is 11.1 Å². The van der Waals surface area contributed by atoms with Gasteiger partial charge in [0.15, 0.2) is 0 Å². The van der Waals surface area contributed by atoms with E-state index in [0.717, 1.165) is 30.3 Å². The smallest absolute Gasteiger partial charge is 0.478 e. The molecule has 148 valence electrons. The van der Waals surface area contributed by atoms with Gasteiger partial charge in [0.05, 0.1) is 5.57 Å². The number of carbonyl (C=O) groups is 1. The lowest BCUT2D eigenvalue weighted by molar-refractivity contribution is -0.274. The number of hydrogen-bond acceptors (Lipinski definition) is 3. The van der Waals surface area contributed by atoms with Gasteiger partial charge in [0, 0.05) is 11.1 Å². The van der Waals surface area contributed by atoms with Gasteiger partial charge in [0.25, 0.3) is 5.60 Å². The van der Waals surface area contributed by atoms with Crippen LogP contribution in [-0.2, 0) is 10.4 Å². The number of fused-ring (bicyclic) bond motifs is 1. The van der Waals surface area contributed by atoms with Crippen LogP contribution in [0.15, 0.2) is 54.1 Å². The number of aliphatic carboxylic acids is 1. The standard InChI is InChI=1S/C18H10F6O4/c19-17(20,21)16(11-4-2-1-3-5-11)13(15(25)26)9-10-8-12(27-18(22,23)24)6-7-14(10)28-16/h1-9H,(H,25,26). The Morgan fingerprint density at radius 1 is 1.00 bits per heavy atom. The molecule has 0 spiro atoms. The van der Waals surface area contributed by atoms with Crippen LogP contribution in [0.5, 0.6) is 11.5 Å². The van der Waals surface area contributed by atoms with Crippen molar-refractivity contribution in [3.05, 3.63) is 65.2 Å². The van der Waals surface area contributed by atoms with Gasteiger partial charge in [0.2, 0.25) is 0 Å². The Labute approximate surface area is 153 Å². The predicted molar refractivity (Wildman–Crippen MR) is 83.5 cm³/mol. The number of hydrogen-bond donors (Lipinski definition) is 1. The van der Waals surface area contributed by atoms with Gasteiger partial charge in [-0.25, -0.2) is 4.79 Å². The molecule has 0 saturated heterocycles. The van der Waals surface area contributed by atoms with Crippen molar-refractivity contribution in [3.8, 4) is 11.5 Å². The van der Waals surface area contributed by atoms with E-state index >= 15 is 0 Å². The third-order valence-corrected chi connectivity index (χ3v) is 3.97. The van der Waals surface area contributed by atoms with E-state index in [0.29, 0.717) is 6.08 Å². The fourth-order valence-electron chi connectivity index (χ4n) is 2.88. The normalized spacial score (nSPS) is 19.3. The number of ether oxygens (including phenoxy) is 2. The van der Waals surface area contributed by atoms with Gasteiger partial charge in [-0.15, -0.1) is 13.2 Å². The van der Waals surface area contributed by atoms with Crippen LogP contribution in [-0.4, -0.2) is 23.6 Å². The van der Waals surface area contributed by atoms with E-state index < -0.39 is 46.7 Å². The maximum absolute atomic E-state index is 14.1. The SMILES string of the molecule is O=C(O)C1=Cc2cc(OC(F)(F)F)ccc2OC1(c1ccccc1)C(F)(F)F. The molecule has 2 aromatic carbocycles. The third kappa shape index (κ3) is 3.37. The lowest BCUT2D eigenvalue weighted by Gasteiger charge is -2.39. The summed E-state index contributed by atoms with van der Waals surface area (Å²) in [5.74, 6) is -3.11. The molecule has 0 amide bonds. The van der Waals surface area contributed by atoms with Gasteiger partial charge in [0.1, 0.15) is 11.5 Å². The van der Waals surface area contributed by atoms with Gasteiger partial charge < -0.3 is 14.6 Å². The highest BCUT2D eigenvalue weighted by molar-refractivity contribution is 5.96. The Hall–Kier alpha value is -3.17. The van der Waals surface area contributed by atoms with Crippen LogP contribution in [0.2, 0.25) is 0 Å². The maximum atomic E-state index is 14.1. The van der Waals surface area contributed by atoms with Crippen molar-refractivity contribution in [2.45, 2.75) is 18.1 Å².